The van der Waals surface area contributed by atoms with E-state index in [4.69, 9.17) is 0 Å². The molecule has 0 saturated heterocycles. The maximum Gasteiger partial charge on any atom is 0.0782 e. The van der Waals surface area contributed by atoms with E-state index in [1.807, 2.05) is 6.92 Å². The molecule has 19 heavy (non-hydrogen) atoms. The third-order valence-corrected chi connectivity index (χ3v) is 4.59. The summed E-state index contributed by atoms with van der Waals surface area (Å²) >= 11 is 0. The van der Waals surface area contributed by atoms with Crippen molar-refractivity contribution >= 4 is 0 Å². The summed E-state index contributed by atoms with van der Waals surface area (Å²) in [6.07, 6.45) is 10.5. The highest BCUT2D eigenvalue weighted by atomic mass is 14.9. The Labute approximate surface area is 117 Å². The van der Waals surface area contributed by atoms with Crippen LogP contribution >= 0.6 is 0 Å². The second-order valence-electron chi connectivity index (χ2n) is 5.95. The first-order valence-corrected chi connectivity index (χ1v) is 7.71. The molecule has 1 N–H and O–H groups in total. The molecule has 1 fully saturated rings. The van der Waals surface area contributed by atoms with Gasteiger partial charge in [0, 0.05) is 18.4 Å². The summed E-state index contributed by atoms with van der Waals surface area (Å²) < 4.78 is 0. The molecule has 1 aliphatic rings. The van der Waals surface area contributed by atoms with Gasteiger partial charge in [0.05, 0.1) is 11.4 Å². The predicted molar refractivity (Wildman–Crippen MR) is 78.9 cm³/mol. The SMILES string of the molecule is CCC1CCC(CNC(C)c2nccnc2C)CC1. The van der Waals surface area contributed by atoms with Crippen molar-refractivity contribution in [3.63, 3.8) is 0 Å². The summed E-state index contributed by atoms with van der Waals surface area (Å²) in [5.41, 5.74) is 2.13. The van der Waals surface area contributed by atoms with Gasteiger partial charge in [-0.25, -0.2) is 0 Å². The maximum atomic E-state index is 4.44. The van der Waals surface area contributed by atoms with Crippen molar-refractivity contribution in [3.8, 4) is 0 Å². The second-order valence-corrected chi connectivity index (χ2v) is 5.95. The lowest BCUT2D eigenvalue weighted by atomic mass is 9.81. The zero-order chi connectivity index (χ0) is 13.7. The van der Waals surface area contributed by atoms with Gasteiger partial charge >= 0.3 is 0 Å². The van der Waals surface area contributed by atoms with Crippen LogP contribution in [0.1, 0.15) is 63.4 Å². The molecule has 1 unspecified atom stereocenters. The lowest BCUT2D eigenvalue weighted by Gasteiger charge is -2.29. The Morgan fingerprint density at radius 1 is 1.16 bits per heavy atom. The van der Waals surface area contributed by atoms with Crippen molar-refractivity contribution in [1.29, 1.82) is 0 Å². The zero-order valence-corrected chi connectivity index (χ0v) is 12.5. The Morgan fingerprint density at radius 2 is 1.79 bits per heavy atom. The van der Waals surface area contributed by atoms with Crippen LogP contribution in [0, 0.1) is 18.8 Å². The van der Waals surface area contributed by atoms with Gasteiger partial charge in [-0.1, -0.05) is 26.2 Å². The molecule has 106 valence electrons. The van der Waals surface area contributed by atoms with Crippen molar-refractivity contribution in [2.75, 3.05) is 6.54 Å². The lowest BCUT2D eigenvalue weighted by Crippen LogP contribution is -2.29. The number of aryl methyl sites for hydroxylation is 1. The highest BCUT2D eigenvalue weighted by Crippen LogP contribution is 2.30. The van der Waals surface area contributed by atoms with Crippen molar-refractivity contribution in [2.45, 2.75) is 58.9 Å². The molecule has 0 spiro atoms. The summed E-state index contributed by atoms with van der Waals surface area (Å²) in [6.45, 7) is 7.66. The van der Waals surface area contributed by atoms with Crippen LogP contribution < -0.4 is 5.32 Å². The normalized spacial score (nSPS) is 25.2. The zero-order valence-electron chi connectivity index (χ0n) is 12.5. The van der Waals surface area contributed by atoms with E-state index < -0.39 is 0 Å². The lowest BCUT2D eigenvalue weighted by molar-refractivity contribution is 0.257. The number of rotatable bonds is 5. The first-order valence-electron chi connectivity index (χ1n) is 7.71. The van der Waals surface area contributed by atoms with E-state index in [1.165, 1.54) is 32.1 Å². The molecular weight excluding hydrogens is 234 g/mol. The van der Waals surface area contributed by atoms with Crippen LogP contribution in [-0.4, -0.2) is 16.5 Å². The quantitative estimate of drug-likeness (QED) is 0.879. The van der Waals surface area contributed by atoms with Gasteiger partial charge in [0.15, 0.2) is 0 Å². The molecule has 3 heteroatoms. The van der Waals surface area contributed by atoms with Gasteiger partial charge in [-0.2, -0.15) is 0 Å². The van der Waals surface area contributed by atoms with Gasteiger partial charge in [-0.05, 0) is 45.1 Å². The average Bonchev–Trinajstić information content (AvgIpc) is 2.46. The minimum absolute atomic E-state index is 0.303. The Bertz CT molecular complexity index is 383. The van der Waals surface area contributed by atoms with Gasteiger partial charge in [0.2, 0.25) is 0 Å². The van der Waals surface area contributed by atoms with Gasteiger partial charge in [0.25, 0.3) is 0 Å². The molecule has 0 aliphatic heterocycles. The Hall–Kier alpha value is -0.960. The number of hydrogen-bond acceptors (Lipinski definition) is 3. The number of hydrogen-bond donors (Lipinski definition) is 1. The minimum atomic E-state index is 0.303. The second kappa shape index (κ2) is 6.99. The molecule has 1 atom stereocenters. The van der Waals surface area contributed by atoms with Crippen LogP contribution in [0.2, 0.25) is 0 Å². The first-order chi connectivity index (χ1) is 9.20. The van der Waals surface area contributed by atoms with E-state index in [2.05, 4.69) is 29.1 Å². The summed E-state index contributed by atoms with van der Waals surface area (Å²) in [7, 11) is 0. The van der Waals surface area contributed by atoms with Crippen molar-refractivity contribution in [2.24, 2.45) is 11.8 Å². The molecule has 1 aromatic rings. The van der Waals surface area contributed by atoms with Crippen molar-refractivity contribution < 1.29 is 0 Å². The van der Waals surface area contributed by atoms with Crippen LogP contribution in [0.15, 0.2) is 12.4 Å². The largest absolute Gasteiger partial charge is 0.309 e. The fraction of sp³-hybridized carbons (Fsp3) is 0.750. The third kappa shape index (κ3) is 4.00. The van der Waals surface area contributed by atoms with Crippen molar-refractivity contribution in [1.82, 2.24) is 15.3 Å². The fourth-order valence-corrected chi connectivity index (χ4v) is 3.13. The Kier molecular flexibility index (Phi) is 5.32. The van der Waals surface area contributed by atoms with E-state index in [-0.39, 0.29) is 0 Å². The van der Waals surface area contributed by atoms with Gasteiger partial charge in [-0.15, -0.1) is 0 Å². The van der Waals surface area contributed by atoms with Crippen LogP contribution in [0.5, 0.6) is 0 Å². The number of nitrogens with one attached hydrogen (secondary N) is 1. The number of nitrogens with zero attached hydrogens (tertiary/aromatic N) is 2. The van der Waals surface area contributed by atoms with E-state index >= 15 is 0 Å². The Morgan fingerprint density at radius 3 is 2.42 bits per heavy atom. The van der Waals surface area contributed by atoms with E-state index in [9.17, 15) is 0 Å². The molecule has 1 aliphatic carbocycles. The molecule has 0 amide bonds. The summed E-state index contributed by atoms with van der Waals surface area (Å²) in [5.74, 6) is 1.83. The molecule has 1 aromatic heterocycles. The topological polar surface area (TPSA) is 37.8 Å². The molecular formula is C16H27N3. The molecule has 1 heterocycles. The molecule has 2 rings (SSSR count). The highest BCUT2D eigenvalue weighted by Gasteiger charge is 2.20. The first kappa shape index (κ1) is 14.4. The van der Waals surface area contributed by atoms with E-state index in [0.29, 0.717) is 6.04 Å². The monoisotopic (exact) mass is 261 g/mol. The molecule has 0 bridgehead atoms. The predicted octanol–water partition coefficient (Wildman–Crippen LogP) is 3.65. The molecule has 3 nitrogen and oxygen atoms in total. The van der Waals surface area contributed by atoms with E-state index in [1.54, 1.807) is 12.4 Å². The van der Waals surface area contributed by atoms with Crippen LogP contribution in [0.4, 0.5) is 0 Å². The fourth-order valence-electron chi connectivity index (χ4n) is 3.13. The Balaban J connectivity index is 1.78. The summed E-state index contributed by atoms with van der Waals surface area (Å²) in [4.78, 5) is 8.76. The average molecular weight is 261 g/mol. The van der Waals surface area contributed by atoms with Gasteiger partial charge in [0.1, 0.15) is 0 Å². The van der Waals surface area contributed by atoms with Gasteiger partial charge in [-0.3, -0.25) is 9.97 Å². The highest BCUT2D eigenvalue weighted by molar-refractivity contribution is 5.12. The van der Waals surface area contributed by atoms with Crippen LogP contribution in [-0.2, 0) is 0 Å². The standard InChI is InChI=1S/C16H27N3/c1-4-14-5-7-15(8-6-14)11-19-13(3)16-12(2)17-9-10-18-16/h9-10,13-15,19H,4-8,11H2,1-3H3. The summed E-state index contributed by atoms with van der Waals surface area (Å²) in [6, 6.07) is 0.303. The smallest absolute Gasteiger partial charge is 0.0782 e. The molecule has 0 radical (unpaired) electrons. The minimum Gasteiger partial charge on any atom is -0.309 e. The van der Waals surface area contributed by atoms with Gasteiger partial charge < -0.3 is 5.32 Å². The van der Waals surface area contributed by atoms with E-state index in [0.717, 1.165) is 29.8 Å². The third-order valence-electron chi connectivity index (χ3n) is 4.59. The molecule has 1 saturated carbocycles. The summed E-state index contributed by atoms with van der Waals surface area (Å²) in [5, 5.41) is 3.64. The maximum absolute atomic E-state index is 4.44. The molecule has 0 aromatic carbocycles. The van der Waals surface area contributed by atoms with Crippen LogP contribution in [0.25, 0.3) is 0 Å². The van der Waals surface area contributed by atoms with Crippen LogP contribution in [0.3, 0.4) is 0 Å². The van der Waals surface area contributed by atoms with Crippen molar-refractivity contribution in [3.05, 3.63) is 23.8 Å². The number of aromatic nitrogens is 2.